The van der Waals surface area contributed by atoms with Crippen LogP contribution in [0.25, 0.3) is 0 Å². The molecule has 0 unspecified atom stereocenters. The number of nitrogens with zero attached hydrogens (tertiary/aromatic N) is 1. The summed E-state index contributed by atoms with van der Waals surface area (Å²) in [6.07, 6.45) is 1.84. The molecule has 0 atom stereocenters. The zero-order chi connectivity index (χ0) is 18.0. The van der Waals surface area contributed by atoms with Gasteiger partial charge < -0.3 is 20.3 Å². The van der Waals surface area contributed by atoms with Gasteiger partial charge in [0, 0.05) is 19.6 Å². The Morgan fingerprint density at radius 1 is 1.12 bits per heavy atom. The van der Waals surface area contributed by atoms with Crippen LogP contribution < -0.4 is 10.6 Å². The summed E-state index contributed by atoms with van der Waals surface area (Å²) in [4.78, 5) is 14.0. The minimum atomic E-state index is -0.464. The zero-order valence-corrected chi connectivity index (χ0v) is 15.8. The number of rotatable bonds is 9. The molecule has 0 fully saturated rings. The van der Waals surface area contributed by atoms with Gasteiger partial charge in [-0.3, -0.25) is 0 Å². The molecule has 24 heavy (non-hydrogen) atoms. The topological polar surface area (TPSA) is 53.6 Å². The molecule has 0 radical (unpaired) electrons. The predicted octanol–water partition coefficient (Wildman–Crippen LogP) is 2.80. The highest BCUT2D eigenvalue weighted by Gasteiger charge is 2.15. The molecule has 0 heterocycles. The average Bonchev–Trinajstić information content (AvgIpc) is 2.50. The molecule has 1 amide bonds. The van der Waals surface area contributed by atoms with E-state index >= 15 is 0 Å². The minimum Gasteiger partial charge on any atom is -0.444 e. The lowest BCUT2D eigenvalue weighted by Crippen LogP contribution is -2.32. The number of carbonyl (C=O) groups excluding carboxylic acids is 1. The summed E-state index contributed by atoms with van der Waals surface area (Å²) >= 11 is 0. The highest BCUT2D eigenvalue weighted by atomic mass is 16.6. The first-order chi connectivity index (χ1) is 11.3. The number of aryl methyl sites for hydroxylation is 1. The molecule has 2 N–H and O–H groups in total. The summed E-state index contributed by atoms with van der Waals surface area (Å²) in [5.41, 5.74) is 1.95. The van der Waals surface area contributed by atoms with Gasteiger partial charge in [-0.05, 0) is 65.4 Å². The number of nitrogens with one attached hydrogen (secondary N) is 2. The normalized spacial score (nSPS) is 11.6. The standard InChI is InChI=1S/C19H33N3O2/c1-19(2,3)24-18(23)21-15-17-10-8-16(9-11-17)7-6-13-22(5)14-12-20-4/h8-11,20H,6-7,12-15H2,1-5H3,(H,21,23). The monoisotopic (exact) mass is 335 g/mol. The van der Waals surface area contributed by atoms with Gasteiger partial charge in [0.2, 0.25) is 0 Å². The van der Waals surface area contributed by atoms with Crippen LogP contribution in [0.15, 0.2) is 24.3 Å². The minimum absolute atomic E-state index is 0.379. The van der Waals surface area contributed by atoms with Crippen LogP contribution in [0.1, 0.15) is 38.3 Å². The van der Waals surface area contributed by atoms with Crippen LogP contribution in [0.5, 0.6) is 0 Å². The second-order valence-corrected chi connectivity index (χ2v) is 7.18. The average molecular weight is 335 g/mol. The number of likely N-dealkylation sites (N-methyl/N-ethyl adjacent to an activating group) is 2. The molecule has 0 saturated heterocycles. The van der Waals surface area contributed by atoms with E-state index in [1.54, 1.807) is 0 Å². The van der Waals surface area contributed by atoms with Gasteiger partial charge in [0.05, 0.1) is 0 Å². The Bertz CT molecular complexity index is 480. The number of ether oxygens (including phenoxy) is 1. The van der Waals surface area contributed by atoms with Crippen LogP contribution in [-0.4, -0.2) is 50.3 Å². The van der Waals surface area contributed by atoms with Crippen LogP contribution >= 0.6 is 0 Å². The molecule has 5 heteroatoms. The fourth-order valence-electron chi connectivity index (χ4n) is 2.28. The Morgan fingerprint density at radius 3 is 2.33 bits per heavy atom. The smallest absolute Gasteiger partial charge is 0.407 e. The molecule has 136 valence electrons. The lowest BCUT2D eigenvalue weighted by molar-refractivity contribution is 0.0523. The van der Waals surface area contributed by atoms with Crippen molar-refractivity contribution in [1.82, 2.24) is 15.5 Å². The molecule has 0 aliphatic heterocycles. The van der Waals surface area contributed by atoms with Crippen molar-refractivity contribution in [2.75, 3.05) is 33.7 Å². The van der Waals surface area contributed by atoms with E-state index in [0.29, 0.717) is 6.54 Å². The second-order valence-electron chi connectivity index (χ2n) is 7.18. The van der Waals surface area contributed by atoms with Gasteiger partial charge in [-0.1, -0.05) is 24.3 Å². The van der Waals surface area contributed by atoms with E-state index in [4.69, 9.17) is 4.74 Å². The Hall–Kier alpha value is -1.59. The first kappa shape index (κ1) is 20.5. The number of hydrogen-bond acceptors (Lipinski definition) is 4. The van der Waals surface area contributed by atoms with Crippen molar-refractivity contribution in [2.45, 2.75) is 45.8 Å². The van der Waals surface area contributed by atoms with Crippen molar-refractivity contribution in [3.63, 3.8) is 0 Å². The maximum Gasteiger partial charge on any atom is 0.407 e. The maximum absolute atomic E-state index is 11.6. The van der Waals surface area contributed by atoms with Crippen molar-refractivity contribution >= 4 is 6.09 Å². The molecule has 0 saturated carbocycles. The Balaban J connectivity index is 2.29. The maximum atomic E-state index is 11.6. The Kier molecular flexibility index (Phi) is 8.79. The Labute approximate surface area is 146 Å². The van der Waals surface area contributed by atoms with Crippen LogP contribution in [0.3, 0.4) is 0 Å². The highest BCUT2D eigenvalue weighted by Crippen LogP contribution is 2.09. The third kappa shape index (κ3) is 9.53. The van der Waals surface area contributed by atoms with E-state index in [9.17, 15) is 4.79 Å². The van der Waals surface area contributed by atoms with Crippen LogP contribution in [0.2, 0.25) is 0 Å². The molecule has 0 aliphatic carbocycles. The van der Waals surface area contributed by atoms with Crippen LogP contribution in [-0.2, 0) is 17.7 Å². The number of hydrogen-bond donors (Lipinski definition) is 2. The molecule has 5 nitrogen and oxygen atoms in total. The molecule has 1 rings (SSSR count). The second kappa shape index (κ2) is 10.3. The number of amides is 1. The van der Waals surface area contributed by atoms with Gasteiger partial charge in [0.25, 0.3) is 0 Å². The first-order valence-electron chi connectivity index (χ1n) is 8.68. The predicted molar refractivity (Wildman–Crippen MR) is 99.3 cm³/mol. The first-order valence-corrected chi connectivity index (χ1v) is 8.68. The van der Waals surface area contributed by atoms with E-state index in [1.807, 2.05) is 27.8 Å². The van der Waals surface area contributed by atoms with Gasteiger partial charge in [0.15, 0.2) is 0 Å². The molecule has 0 bridgehead atoms. The lowest BCUT2D eigenvalue weighted by atomic mass is 10.1. The summed E-state index contributed by atoms with van der Waals surface area (Å²) in [5, 5.41) is 5.94. The van der Waals surface area contributed by atoms with Gasteiger partial charge in [-0.15, -0.1) is 0 Å². The summed E-state index contributed by atoms with van der Waals surface area (Å²) in [6, 6.07) is 8.41. The van der Waals surface area contributed by atoms with Crippen molar-refractivity contribution < 1.29 is 9.53 Å². The molecule has 0 spiro atoms. The summed E-state index contributed by atoms with van der Waals surface area (Å²) in [7, 11) is 4.13. The van der Waals surface area contributed by atoms with E-state index in [1.165, 1.54) is 5.56 Å². The fourth-order valence-corrected chi connectivity index (χ4v) is 2.28. The van der Waals surface area contributed by atoms with Gasteiger partial charge in [0.1, 0.15) is 5.60 Å². The highest BCUT2D eigenvalue weighted by molar-refractivity contribution is 5.67. The van der Waals surface area contributed by atoms with Crippen molar-refractivity contribution in [3.8, 4) is 0 Å². The molecular weight excluding hydrogens is 302 g/mol. The third-order valence-electron chi connectivity index (χ3n) is 3.61. The van der Waals surface area contributed by atoms with Crippen molar-refractivity contribution in [2.24, 2.45) is 0 Å². The lowest BCUT2D eigenvalue weighted by Gasteiger charge is -2.19. The molecule has 1 aromatic rings. The van der Waals surface area contributed by atoms with Crippen molar-refractivity contribution in [1.29, 1.82) is 0 Å². The van der Waals surface area contributed by atoms with Crippen LogP contribution in [0, 0.1) is 0 Å². The molecular formula is C19H33N3O2. The number of carbonyl (C=O) groups is 1. The van der Waals surface area contributed by atoms with E-state index in [-0.39, 0.29) is 6.09 Å². The van der Waals surface area contributed by atoms with Crippen LogP contribution in [0.4, 0.5) is 4.79 Å². The van der Waals surface area contributed by atoms with Gasteiger partial charge in [-0.25, -0.2) is 4.79 Å². The summed E-state index contributed by atoms with van der Waals surface area (Å²) in [6.45, 7) is 9.26. The zero-order valence-electron chi connectivity index (χ0n) is 15.8. The quantitative estimate of drug-likeness (QED) is 0.729. The SMILES string of the molecule is CNCCN(C)CCCc1ccc(CNC(=O)OC(C)(C)C)cc1. The Morgan fingerprint density at radius 2 is 1.75 bits per heavy atom. The van der Waals surface area contributed by atoms with E-state index in [0.717, 1.165) is 38.0 Å². The van der Waals surface area contributed by atoms with Gasteiger partial charge >= 0.3 is 6.09 Å². The number of benzene rings is 1. The molecule has 1 aromatic carbocycles. The largest absolute Gasteiger partial charge is 0.444 e. The van der Waals surface area contributed by atoms with Gasteiger partial charge in [-0.2, -0.15) is 0 Å². The number of alkyl carbamates (subject to hydrolysis) is 1. The summed E-state index contributed by atoms with van der Waals surface area (Å²) < 4.78 is 5.23. The molecule has 0 aromatic heterocycles. The van der Waals surface area contributed by atoms with E-state index in [2.05, 4.69) is 46.8 Å². The van der Waals surface area contributed by atoms with Crippen molar-refractivity contribution in [3.05, 3.63) is 35.4 Å². The fraction of sp³-hybridized carbons (Fsp3) is 0.632. The third-order valence-corrected chi connectivity index (χ3v) is 3.61. The molecule has 0 aliphatic rings. The summed E-state index contributed by atoms with van der Waals surface area (Å²) in [5.74, 6) is 0. The van der Waals surface area contributed by atoms with E-state index < -0.39 is 5.60 Å².